The van der Waals surface area contributed by atoms with Crippen LogP contribution in [0.25, 0.3) is 17.1 Å². The Morgan fingerprint density at radius 2 is 1.90 bits per heavy atom. The van der Waals surface area contributed by atoms with E-state index in [4.69, 9.17) is 4.74 Å². The van der Waals surface area contributed by atoms with Crippen LogP contribution in [0, 0.1) is 6.92 Å². The largest absolute Gasteiger partial charge is 0.470 e. The quantitative estimate of drug-likeness (QED) is 0.468. The summed E-state index contributed by atoms with van der Waals surface area (Å²) < 4.78 is 34.1. The van der Waals surface area contributed by atoms with Crippen LogP contribution in [0.4, 0.5) is 8.78 Å². The molecular weight excluding hydrogens is 408 g/mol. The summed E-state index contributed by atoms with van der Waals surface area (Å²) in [6.07, 6.45) is 0.182. The van der Waals surface area contributed by atoms with Crippen LogP contribution < -0.4 is 10.3 Å². The summed E-state index contributed by atoms with van der Waals surface area (Å²) >= 11 is 0. The van der Waals surface area contributed by atoms with Gasteiger partial charge in [-0.25, -0.2) is 13.8 Å². The van der Waals surface area contributed by atoms with Crippen molar-refractivity contribution in [1.29, 1.82) is 0 Å². The highest BCUT2D eigenvalue weighted by Gasteiger charge is 2.15. The molecule has 0 atom stereocenters. The Balaban J connectivity index is 1.50. The van der Waals surface area contributed by atoms with Gasteiger partial charge in [0.15, 0.2) is 5.82 Å². The zero-order chi connectivity index (χ0) is 22.0. The van der Waals surface area contributed by atoms with Gasteiger partial charge in [-0.3, -0.25) is 4.79 Å². The molecular formula is C20H17F2N7O2. The maximum Gasteiger partial charge on any atom is 0.265 e. The van der Waals surface area contributed by atoms with Gasteiger partial charge >= 0.3 is 0 Å². The molecule has 4 aromatic rings. The highest BCUT2D eigenvalue weighted by atomic mass is 19.3. The molecule has 0 fully saturated rings. The number of aryl methyl sites for hydroxylation is 2. The molecule has 0 aliphatic heterocycles. The molecule has 31 heavy (non-hydrogen) atoms. The Morgan fingerprint density at radius 3 is 2.55 bits per heavy atom. The predicted octanol–water partition coefficient (Wildman–Crippen LogP) is 2.64. The van der Waals surface area contributed by atoms with Gasteiger partial charge in [0, 0.05) is 42.7 Å². The fourth-order valence-corrected chi connectivity index (χ4v) is 2.82. The van der Waals surface area contributed by atoms with Gasteiger partial charge < -0.3 is 9.30 Å². The van der Waals surface area contributed by atoms with Crippen LogP contribution in [0.1, 0.15) is 23.4 Å². The van der Waals surface area contributed by atoms with Crippen LogP contribution >= 0.6 is 0 Å². The van der Waals surface area contributed by atoms with Crippen molar-refractivity contribution in [1.82, 2.24) is 34.7 Å². The highest BCUT2D eigenvalue weighted by molar-refractivity contribution is 5.57. The molecule has 0 amide bonds. The molecule has 0 aliphatic rings. The molecule has 0 unspecified atom stereocenters. The number of halogens is 2. The molecule has 0 N–H and O–H groups in total. The lowest BCUT2D eigenvalue weighted by molar-refractivity contribution is 0.151. The van der Waals surface area contributed by atoms with Gasteiger partial charge in [0.1, 0.15) is 12.3 Å². The number of aromatic nitrogens is 7. The second-order valence-corrected chi connectivity index (χ2v) is 6.70. The van der Waals surface area contributed by atoms with Crippen LogP contribution in [0.2, 0.25) is 0 Å². The molecule has 0 saturated carbocycles. The van der Waals surface area contributed by atoms with E-state index < -0.39 is 6.43 Å². The first kappa shape index (κ1) is 20.3. The molecule has 4 rings (SSSR count). The summed E-state index contributed by atoms with van der Waals surface area (Å²) in [6, 6.07) is 9.26. The van der Waals surface area contributed by atoms with Gasteiger partial charge in [0.05, 0.1) is 11.4 Å². The predicted molar refractivity (Wildman–Crippen MR) is 106 cm³/mol. The summed E-state index contributed by atoms with van der Waals surface area (Å²) in [7, 11) is 1.66. The average molecular weight is 425 g/mol. The Kier molecular flexibility index (Phi) is 5.48. The molecule has 4 aromatic heterocycles. The van der Waals surface area contributed by atoms with Gasteiger partial charge in [-0.2, -0.15) is 4.68 Å². The fourth-order valence-electron chi connectivity index (χ4n) is 2.82. The van der Waals surface area contributed by atoms with Crippen molar-refractivity contribution in [3.8, 4) is 23.0 Å². The van der Waals surface area contributed by atoms with Crippen molar-refractivity contribution < 1.29 is 13.5 Å². The van der Waals surface area contributed by atoms with Crippen LogP contribution in [-0.4, -0.2) is 34.7 Å². The first-order valence-corrected chi connectivity index (χ1v) is 9.21. The van der Waals surface area contributed by atoms with Crippen molar-refractivity contribution in [2.75, 3.05) is 0 Å². The topological polar surface area (TPSA) is 101 Å². The number of rotatable bonds is 6. The lowest BCUT2D eigenvalue weighted by Crippen LogP contribution is -2.14. The molecule has 0 saturated heterocycles. The van der Waals surface area contributed by atoms with E-state index in [-0.39, 0.29) is 23.6 Å². The van der Waals surface area contributed by atoms with Crippen molar-refractivity contribution >= 4 is 0 Å². The Labute approximate surface area is 175 Å². The van der Waals surface area contributed by atoms with Gasteiger partial charge in [0.25, 0.3) is 6.43 Å². The van der Waals surface area contributed by atoms with Crippen LogP contribution in [0.15, 0.2) is 53.6 Å². The first-order valence-electron chi connectivity index (χ1n) is 9.21. The number of hydrogen-bond acceptors (Lipinski definition) is 7. The van der Waals surface area contributed by atoms with E-state index in [1.165, 1.54) is 27.4 Å². The van der Waals surface area contributed by atoms with E-state index in [1.54, 1.807) is 38.4 Å². The van der Waals surface area contributed by atoms with Gasteiger partial charge in [-0.15, -0.1) is 15.3 Å². The van der Waals surface area contributed by atoms with E-state index in [0.717, 1.165) is 11.8 Å². The lowest BCUT2D eigenvalue weighted by Gasteiger charge is -2.09. The summed E-state index contributed by atoms with van der Waals surface area (Å²) in [6.45, 7) is 1.83. The molecule has 0 aliphatic carbocycles. The second kappa shape index (κ2) is 8.38. The maximum atomic E-state index is 12.7. The summed E-state index contributed by atoms with van der Waals surface area (Å²) in [4.78, 5) is 15.5. The zero-order valence-corrected chi connectivity index (χ0v) is 16.6. The first-order chi connectivity index (χ1) is 14.9. The Morgan fingerprint density at radius 1 is 1.06 bits per heavy atom. The molecule has 0 radical (unpaired) electrons. The van der Waals surface area contributed by atoms with Crippen LogP contribution in [0.5, 0.6) is 5.88 Å². The third-order valence-corrected chi connectivity index (χ3v) is 4.58. The minimum absolute atomic E-state index is 0.0744. The number of pyridine rings is 2. The molecule has 0 spiro atoms. The number of nitrogens with zero attached hydrogens (tertiary/aromatic N) is 7. The van der Waals surface area contributed by atoms with E-state index in [9.17, 15) is 13.6 Å². The van der Waals surface area contributed by atoms with E-state index in [0.29, 0.717) is 22.9 Å². The van der Waals surface area contributed by atoms with Crippen molar-refractivity contribution in [2.24, 2.45) is 7.05 Å². The second-order valence-electron chi connectivity index (χ2n) is 6.70. The standard InChI is InChI=1S/C20H17F2N7O2/c1-12-16(29(27-24-12)17-6-3-13(9-23-17)20(21)22)11-31-18-7-5-15(25-26-18)14-4-8-19(30)28(2)10-14/h3-10,20H,11H2,1-2H3. The van der Waals surface area contributed by atoms with Crippen LogP contribution in [-0.2, 0) is 13.7 Å². The maximum absolute atomic E-state index is 12.7. The molecule has 0 aromatic carbocycles. The minimum atomic E-state index is -2.59. The minimum Gasteiger partial charge on any atom is -0.470 e. The summed E-state index contributed by atoms with van der Waals surface area (Å²) in [5.41, 5.74) is 2.25. The summed E-state index contributed by atoms with van der Waals surface area (Å²) in [5.74, 6) is 0.626. The van der Waals surface area contributed by atoms with E-state index in [1.807, 2.05) is 0 Å². The lowest BCUT2D eigenvalue weighted by atomic mass is 10.2. The molecule has 4 heterocycles. The van der Waals surface area contributed by atoms with Gasteiger partial charge in [-0.1, -0.05) is 5.21 Å². The monoisotopic (exact) mass is 425 g/mol. The molecule has 11 heteroatoms. The number of ether oxygens (including phenoxy) is 1. The number of alkyl halides is 2. The van der Waals surface area contributed by atoms with Gasteiger partial charge in [-0.05, 0) is 31.2 Å². The molecule has 0 bridgehead atoms. The van der Waals surface area contributed by atoms with Crippen molar-refractivity contribution in [3.63, 3.8) is 0 Å². The summed E-state index contributed by atoms with van der Waals surface area (Å²) in [5, 5.41) is 16.2. The number of hydrogen-bond donors (Lipinski definition) is 0. The van der Waals surface area contributed by atoms with Crippen molar-refractivity contribution in [2.45, 2.75) is 20.0 Å². The molecule has 158 valence electrons. The SMILES string of the molecule is Cc1nnn(-c2ccc(C(F)F)cn2)c1COc1ccc(-c2ccc(=O)n(C)c2)nn1. The fraction of sp³-hybridized carbons (Fsp3) is 0.200. The Hall–Kier alpha value is -4.02. The smallest absolute Gasteiger partial charge is 0.265 e. The third-order valence-electron chi connectivity index (χ3n) is 4.58. The molecule has 9 nitrogen and oxygen atoms in total. The zero-order valence-electron chi connectivity index (χ0n) is 16.6. The van der Waals surface area contributed by atoms with E-state index >= 15 is 0 Å². The highest BCUT2D eigenvalue weighted by Crippen LogP contribution is 2.20. The van der Waals surface area contributed by atoms with Crippen molar-refractivity contribution in [3.05, 3.63) is 76.1 Å². The van der Waals surface area contributed by atoms with E-state index in [2.05, 4.69) is 25.5 Å². The average Bonchev–Trinajstić information content (AvgIpc) is 3.15. The normalized spacial score (nSPS) is 11.1. The Bertz CT molecular complexity index is 1250. The van der Waals surface area contributed by atoms with Crippen LogP contribution in [0.3, 0.4) is 0 Å². The van der Waals surface area contributed by atoms with Gasteiger partial charge in [0.2, 0.25) is 11.4 Å². The third kappa shape index (κ3) is 4.29.